The summed E-state index contributed by atoms with van der Waals surface area (Å²) in [5, 5.41) is 4.52. The van der Waals surface area contributed by atoms with Gasteiger partial charge in [-0.2, -0.15) is 5.10 Å². The molecule has 7 nitrogen and oxygen atoms in total. The van der Waals surface area contributed by atoms with E-state index >= 15 is 0 Å². The van der Waals surface area contributed by atoms with Crippen LogP contribution in [0.2, 0.25) is 0 Å². The summed E-state index contributed by atoms with van der Waals surface area (Å²) in [6, 6.07) is 8.95. The van der Waals surface area contributed by atoms with E-state index in [1.165, 1.54) is 15.4 Å². The Morgan fingerprint density at radius 1 is 1.00 bits per heavy atom. The first-order valence-corrected chi connectivity index (χ1v) is 12.0. The zero-order valence-corrected chi connectivity index (χ0v) is 19.9. The number of rotatable bonds is 7. The Morgan fingerprint density at radius 2 is 1.57 bits per heavy atom. The highest BCUT2D eigenvalue weighted by atomic mass is 32.2. The van der Waals surface area contributed by atoms with Gasteiger partial charge in [0.2, 0.25) is 10.0 Å². The summed E-state index contributed by atoms with van der Waals surface area (Å²) in [4.78, 5) is 5.14. The SMILES string of the molecule is Cc1nn(CN2CCN(Cc3ccc(C(C)C)cc3)CC2)c(C)c1S(=O)(=O)N(C)C. The van der Waals surface area contributed by atoms with E-state index in [0.29, 0.717) is 28.9 Å². The fourth-order valence-electron chi connectivity index (χ4n) is 3.92. The highest BCUT2D eigenvalue weighted by Crippen LogP contribution is 2.22. The molecule has 2 heterocycles. The molecule has 30 heavy (non-hydrogen) atoms. The van der Waals surface area contributed by atoms with Crippen LogP contribution in [-0.2, 0) is 23.2 Å². The number of nitrogens with zero attached hydrogens (tertiary/aromatic N) is 5. The molecule has 0 aliphatic carbocycles. The molecule has 0 unspecified atom stereocenters. The Balaban J connectivity index is 1.59. The van der Waals surface area contributed by atoms with Gasteiger partial charge in [0, 0.05) is 46.8 Å². The van der Waals surface area contributed by atoms with Gasteiger partial charge in [-0.25, -0.2) is 12.7 Å². The van der Waals surface area contributed by atoms with E-state index in [-0.39, 0.29) is 0 Å². The van der Waals surface area contributed by atoms with Crippen molar-refractivity contribution in [2.75, 3.05) is 40.3 Å². The van der Waals surface area contributed by atoms with E-state index < -0.39 is 10.0 Å². The van der Waals surface area contributed by atoms with Crippen LogP contribution in [-0.4, -0.2) is 72.6 Å². The maximum absolute atomic E-state index is 12.6. The molecule has 1 aromatic carbocycles. The lowest BCUT2D eigenvalue weighted by atomic mass is 10.0. The van der Waals surface area contributed by atoms with Crippen LogP contribution in [0.4, 0.5) is 0 Å². The number of benzene rings is 1. The second kappa shape index (κ2) is 9.18. The summed E-state index contributed by atoms with van der Waals surface area (Å²) in [6.45, 7) is 13.5. The minimum atomic E-state index is -3.49. The molecule has 0 N–H and O–H groups in total. The third-order valence-electron chi connectivity index (χ3n) is 5.91. The molecular formula is C22H35N5O2S. The summed E-state index contributed by atoms with van der Waals surface area (Å²) in [5.74, 6) is 0.560. The van der Waals surface area contributed by atoms with Crippen molar-refractivity contribution in [3.63, 3.8) is 0 Å². The van der Waals surface area contributed by atoms with Crippen molar-refractivity contribution < 1.29 is 8.42 Å². The molecule has 2 aromatic rings. The molecule has 1 fully saturated rings. The summed E-state index contributed by atoms with van der Waals surface area (Å²) < 4.78 is 28.3. The first-order chi connectivity index (χ1) is 14.1. The van der Waals surface area contributed by atoms with Crippen molar-refractivity contribution in [2.24, 2.45) is 0 Å². The van der Waals surface area contributed by atoms with Gasteiger partial charge in [-0.15, -0.1) is 0 Å². The number of hydrogen-bond acceptors (Lipinski definition) is 5. The number of aryl methyl sites for hydroxylation is 1. The molecule has 8 heteroatoms. The first kappa shape index (κ1) is 22.9. The minimum absolute atomic E-state index is 0.330. The number of piperazine rings is 1. The molecule has 1 aliphatic heterocycles. The molecule has 0 amide bonds. The molecule has 1 saturated heterocycles. The predicted octanol–water partition coefficient (Wildman–Crippen LogP) is 2.65. The van der Waals surface area contributed by atoms with Gasteiger partial charge in [0.05, 0.1) is 18.1 Å². The number of sulfonamides is 1. The third-order valence-corrected chi connectivity index (χ3v) is 7.97. The molecule has 0 bridgehead atoms. The van der Waals surface area contributed by atoms with Crippen LogP contribution in [0.25, 0.3) is 0 Å². The van der Waals surface area contributed by atoms with E-state index in [1.54, 1.807) is 21.0 Å². The Morgan fingerprint density at radius 3 is 2.10 bits per heavy atom. The smallest absolute Gasteiger partial charge is 0.246 e. The quantitative estimate of drug-likeness (QED) is 0.672. The van der Waals surface area contributed by atoms with Crippen LogP contribution in [0.1, 0.15) is 42.3 Å². The molecule has 0 atom stereocenters. The second-order valence-corrected chi connectivity index (χ2v) is 10.8. The van der Waals surface area contributed by atoms with Crippen molar-refractivity contribution >= 4 is 10.0 Å². The number of aromatic nitrogens is 2. The highest BCUT2D eigenvalue weighted by molar-refractivity contribution is 7.89. The summed E-state index contributed by atoms with van der Waals surface area (Å²) in [7, 11) is -0.374. The van der Waals surface area contributed by atoms with E-state index in [9.17, 15) is 8.42 Å². The van der Waals surface area contributed by atoms with Crippen molar-refractivity contribution in [1.29, 1.82) is 0 Å². The molecule has 0 saturated carbocycles. The molecule has 3 rings (SSSR count). The van der Waals surface area contributed by atoms with Crippen LogP contribution < -0.4 is 0 Å². The van der Waals surface area contributed by atoms with Crippen LogP contribution in [0.5, 0.6) is 0 Å². The zero-order chi connectivity index (χ0) is 22.1. The van der Waals surface area contributed by atoms with Crippen LogP contribution in [0.15, 0.2) is 29.2 Å². The van der Waals surface area contributed by atoms with Crippen LogP contribution >= 0.6 is 0 Å². The van der Waals surface area contributed by atoms with Gasteiger partial charge >= 0.3 is 0 Å². The lowest BCUT2D eigenvalue weighted by molar-refractivity contribution is 0.0978. The summed E-state index contributed by atoms with van der Waals surface area (Å²) in [5.41, 5.74) is 3.99. The van der Waals surface area contributed by atoms with Crippen molar-refractivity contribution in [3.05, 3.63) is 46.8 Å². The maximum atomic E-state index is 12.6. The molecule has 166 valence electrons. The monoisotopic (exact) mass is 433 g/mol. The average Bonchev–Trinajstić information content (AvgIpc) is 2.97. The van der Waals surface area contributed by atoms with Gasteiger partial charge in [-0.3, -0.25) is 14.5 Å². The fraction of sp³-hybridized carbons (Fsp3) is 0.591. The Hall–Kier alpha value is -1.74. The predicted molar refractivity (Wildman–Crippen MR) is 120 cm³/mol. The summed E-state index contributed by atoms with van der Waals surface area (Å²) >= 11 is 0. The van der Waals surface area contributed by atoms with E-state index in [1.807, 2.05) is 11.6 Å². The standard InChI is InChI=1S/C22H35N5O2S/c1-17(2)21-9-7-20(8-10-21)15-25-11-13-26(14-12-25)16-27-19(4)22(18(3)23-27)30(28,29)24(5)6/h7-10,17H,11-16H2,1-6H3. The molecule has 0 spiro atoms. The van der Waals surface area contributed by atoms with E-state index in [2.05, 4.69) is 53.0 Å². The molecule has 1 aliphatic rings. The Labute approximate surface area is 181 Å². The second-order valence-electron chi connectivity index (χ2n) is 8.72. The fourth-order valence-corrected chi connectivity index (χ4v) is 5.18. The summed E-state index contributed by atoms with van der Waals surface area (Å²) in [6.07, 6.45) is 0. The third kappa shape index (κ3) is 4.94. The number of hydrogen-bond donors (Lipinski definition) is 0. The average molecular weight is 434 g/mol. The largest absolute Gasteiger partial charge is 0.297 e. The van der Waals surface area contributed by atoms with E-state index in [0.717, 1.165) is 32.7 Å². The molecule has 1 aromatic heterocycles. The van der Waals surface area contributed by atoms with Gasteiger partial charge < -0.3 is 0 Å². The van der Waals surface area contributed by atoms with Crippen LogP contribution in [0.3, 0.4) is 0 Å². The molecule has 0 radical (unpaired) electrons. The van der Waals surface area contributed by atoms with Gasteiger partial charge in [0.25, 0.3) is 0 Å². The van der Waals surface area contributed by atoms with Gasteiger partial charge in [-0.05, 0) is 30.9 Å². The first-order valence-electron chi connectivity index (χ1n) is 10.6. The Bertz CT molecular complexity index is 956. The van der Waals surface area contributed by atoms with Gasteiger partial charge in [-0.1, -0.05) is 38.1 Å². The lowest BCUT2D eigenvalue weighted by Crippen LogP contribution is -2.46. The maximum Gasteiger partial charge on any atom is 0.246 e. The minimum Gasteiger partial charge on any atom is -0.297 e. The zero-order valence-electron chi connectivity index (χ0n) is 19.1. The normalized spacial score (nSPS) is 16.7. The van der Waals surface area contributed by atoms with Crippen molar-refractivity contribution in [1.82, 2.24) is 23.9 Å². The van der Waals surface area contributed by atoms with Gasteiger partial charge in [0.15, 0.2) is 0 Å². The lowest BCUT2D eigenvalue weighted by Gasteiger charge is -2.34. The highest BCUT2D eigenvalue weighted by Gasteiger charge is 2.27. The van der Waals surface area contributed by atoms with E-state index in [4.69, 9.17) is 0 Å². The molecular weight excluding hydrogens is 398 g/mol. The van der Waals surface area contributed by atoms with Crippen LogP contribution in [0, 0.1) is 13.8 Å². The Kier molecular flexibility index (Phi) is 7.02. The van der Waals surface area contributed by atoms with Gasteiger partial charge in [0.1, 0.15) is 4.90 Å². The van der Waals surface area contributed by atoms with Crippen molar-refractivity contribution in [2.45, 2.75) is 51.7 Å². The van der Waals surface area contributed by atoms with Crippen molar-refractivity contribution in [3.8, 4) is 0 Å². The topological polar surface area (TPSA) is 61.7 Å².